The molecule has 0 aliphatic carbocycles. The van der Waals surface area contributed by atoms with E-state index in [9.17, 15) is 0 Å². The minimum absolute atomic E-state index is 0.376. The van der Waals surface area contributed by atoms with Gasteiger partial charge in [0.05, 0.1) is 5.69 Å². The van der Waals surface area contributed by atoms with Gasteiger partial charge < -0.3 is 10.5 Å². The Kier molecular flexibility index (Phi) is 3.40. The fraction of sp³-hybridized carbons (Fsp3) is 0.214. The molecule has 0 unspecified atom stereocenters. The molecule has 1 heterocycles. The van der Waals surface area contributed by atoms with Gasteiger partial charge in [0, 0.05) is 12.7 Å². The Bertz CT molecular complexity index is 523. The lowest BCUT2D eigenvalue weighted by Gasteiger charge is -2.10. The number of pyridine rings is 1. The summed E-state index contributed by atoms with van der Waals surface area (Å²) < 4.78 is 5.79. The normalized spacial score (nSPS) is 10.3. The third-order valence-corrected chi connectivity index (χ3v) is 2.75. The van der Waals surface area contributed by atoms with E-state index in [-0.39, 0.29) is 0 Å². The number of hydrogen-bond acceptors (Lipinski definition) is 3. The van der Waals surface area contributed by atoms with E-state index in [0.717, 1.165) is 17.2 Å². The molecule has 0 saturated carbocycles. The molecule has 0 bridgehead atoms. The lowest BCUT2D eigenvalue weighted by atomic mass is 10.1. The van der Waals surface area contributed by atoms with Gasteiger partial charge in [-0.3, -0.25) is 4.98 Å². The first kappa shape index (κ1) is 11.6. The quantitative estimate of drug-likeness (QED) is 0.878. The zero-order valence-corrected chi connectivity index (χ0v) is 10.1. The molecule has 3 heteroatoms. The van der Waals surface area contributed by atoms with E-state index in [4.69, 9.17) is 10.5 Å². The number of ether oxygens (including phenoxy) is 1. The van der Waals surface area contributed by atoms with E-state index in [1.165, 1.54) is 11.1 Å². The van der Waals surface area contributed by atoms with Crippen molar-refractivity contribution in [3.63, 3.8) is 0 Å². The predicted octanol–water partition coefficient (Wildman–Crippen LogP) is 2.95. The van der Waals surface area contributed by atoms with Crippen molar-refractivity contribution >= 4 is 0 Å². The summed E-state index contributed by atoms with van der Waals surface area (Å²) in [5.41, 5.74) is 8.85. The van der Waals surface area contributed by atoms with Gasteiger partial charge in [-0.15, -0.1) is 0 Å². The summed E-state index contributed by atoms with van der Waals surface area (Å²) in [6.45, 7) is 4.52. The molecule has 0 radical (unpaired) electrons. The minimum Gasteiger partial charge on any atom is -0.455 e. The highest BCUT2D eigenvalue weighted by Gasteiger charge is 2.04. The van der Waals surface area contributed by atoms with Gasteiger partial charge in [-0.1, -0.05) is 6.07 Å². The molecule has 88 valence electrons. The molecule has 0 amide bonds. The Hall–Kier alpha value is -1.87. The lowest BCUT2D eigenvalue weighted by molar-refractivity contribution is 0.472. The van der Waals surface area contributed by atoms with Gasteiger partial charge in [-0.25, -0.2) is 0 Å². The third kappa shape index (κ3) is 2.63. The summed E-state index contributed by atoms with van der Waals surface area (Å²) in [5, 5.41) is 0. The molecule has 2 N–H and O–H groups in total. The molecule has 3 nitrogen and oxygen atoms in total. The van der Waals surface area contributed by atoms with Crippen LogP contribution in [0.25, 0.3) is 0 Å². The first-order valence-corrected chi connectivity index (χ1v) is 5.60. The maximum atomic E-state index is 5.79. The lowest BCUT2D eigenvalue weighted by Crippen LogP contribution is -2.01. The third-order valence-electron chi connectivity index (χ3n) is 2.75. The minimum atomic E-state index is 0.376. The molecule has 0 saturated heterocycles. The van der Waals surface area contributed by atoms with Crippen LogP contribution in [0, 0.1) is 13.8 Å². The molecule has 1 aromatic carbocycles. The zero-order chi connectivity index (χ0) is 12.3. The Balaban J connectivity index is 2.28. The zero-order valence-electron chi connectivity index (χ0n) is 10.1. The number of nitrogens with zero attached hydrogens (tertiary/aromatic N) is 1. The molecule has 17 heavy (non-hydrogen) atoms. The second-order valence-corrected chi connectivity index (χ2v) is 4.00. The fourth-order valence-electron chi connectivity index (χ4n) is 1.57. The van der Waals surface area contributed by atoms with Gasteiger partial charge in [0.15, 0.2) is 0 Å². The second kappa shape index (κ2) is 4.97. The molecule has 0 aliphatic rings. The highest BCUT2D eigenvalue weighted by Crippen LogP contribution is 2.25. The monoisotopic (exact) mass is 228 g/mol. The number of benzene rings is 1. The van der Waals surface area contributed by atoms with Gasteiger partial charge in [-0.05, 0) is 49.2 Å². The molecule has 0 atom stereocenters. The number of aromatic nitrogens is 1. The van der Waals surface area contributed by atoms with Crippen LogP contribution in [0.2, 0.25) is 0 Å². The van der Waals surface area contributed by atoms with Gasteiger partial charge in [-0.2, -0.15) is 0 Å². The van der Waals surface area contributed by atoms with E-state index in [1.807, 2.05) is 30.3 Å². The maximum absolute atomic E-state index is 5.79. The Morgan fingerprint density at radius 1 is 1.18 bits per heavy atom. The second-order valence-electron chi connectivity index (χ2n) is 4.00. The van der Waals surface area contributed by atoms with E-state index < -0.39 is 0 Å². The first-order chi connectivity index (χ1) is 8.20. The summed E-state index contributed by atoms with van der Waals surface area (Å²) in [6.07, 6.45) is 1.72. The molecule has 0 fully saturated rings. The van der Waals surface area contributed by atoms with Crippen molar-refractivity contribution in [1.29, 1.82) is 0 Å². The van der Waals surface area contributed by atoms with Crippen LogP contribution < -0.4 is 10.5 Å². The molecule has 2 rings (SSSR count). The van der Waals surface area contributed by atoms with Crippen molar-refractivity contribution in [2.24, 2.45) is 5.73 Å². The Morgan fingerprint density at radius 2 is 2.00 bits per heavy atom. The summed E-state index contributed by atoms with van der Waals surface area (Å²) in [6, 6.07) is 9.74. The van der Waals surface area contributed by atoms with Crippen molar-refractivity contribution in [2.45, 2.75) is 20.4 Å². The van der Waals surface area contributed by atoms with Crippen LogP contribution in [-0.4, -0.2) is 4.98 Å². The maximum Gasteiger partial charge on any atom is 0.150 e. The van der Waals surface area contributed by atoms with Crippen LogP contribution in [0.15, 0.2) is 36.5 Å². The average Bonchev–Trinajstić information content (AvgIpc) is 2.34. The topological polar surface area (TPSA) is 48.1 Å². The Morgan fingerprint density at radius 3 is 2.71 bits per heavy atom. The van der Waals surface area contributed by atoms with Crippen LogP contribution in [0.4, 0.5) is 0 Å². The summed E-state index contributed by atoms with van der Waals surface area (Å²) in [5.74, 6) is 1.54. The SMILES string of the molecule is Cc1ccc(Oc2cccnc2CN)cc1C. The summed E-state index contributed by atoms with van der Waals surface area (Å²) in [7, 11) is 0. The fourth-order valence-corrected chi connectivity index (χ4v) is 1.57. The molecule has 1 aromatic heterocycles. The van der Waals surface area contributed by atoms with Gasteiger partial charge in [0.2, 0.25) is 0 Å². The number of hydrogen-bond donors (Lipinski definition) is 1. The molecular weight excluding hydrogens is 212 g/mol. The van der Waals surface area contributed by atoms with Crippen LogP contribution in [0.3, 0.4) is 0 Å². The van der Waals surface area contributed by atoms with Gasteiger partial charge in [0.1, 0.15) is 11.5 Å². The van der Waals surface area contributed by atoms with E-state index in [1.54, 1.807) is 6.20 Å². The highest BCUT2D eigenvalue weighted by atomic mass is 16.5. The number of nitrogens with two attached hydrogens (primary N) is 1. The summed E-state index contributed by atoms with van der Waals surface area (Å²) in [4.78, 5) is 4.18. The van der Waals surface area contributed by atoms with Crippen molar-refractivity contribution in [3.05, 3.63) is 53.3 Å². The Labute approximate surface area is 101 Å². The van der Waals surface area contributed by atoms with Crippen LogP contribution >= 0.6 is 0 Å². The molecular formula is C14H16N2O. The largest absolute Gasteiger partial charge is 0.455 e. The van der Waals surface area contributed by atoms with Crippen molar-refractivity contribution in [2.75, 3.05) is 0 Å². The highest BCUT2D eigenvalue weighted by molar-refractivity contribution is 5.38. The molecule has 0 spiro atoms. The first-order valence-electron chi connectivity index (χ1n) is 5.60. The van der Waals surface area contributed by atoms with Crippen molar-refractivity contribution < 1.29 is 4.74 Å². The number of aryl methyl sites for hydroxylation is 2. The standard InChI is InChI=1S/C14H16N2O/c1-10-5-6-12(8-11(10)2)17-14-4-3-7-16-13(14)9-15/h3-8H,9,15H2,1-2H3. The summed E-state index contributed by atoms with van der Waals surface area (Å²) >= 11 is 0. The van der Waals surface area contributed by atoms with Crippen molar-refractivity contribution in [1.82, 2.24) is 4.98 Å². The van der Waals surface area contributed by atoms with E-state index in [0.29, 0.717) is 6.54 Å². The van der Waals surface area contributed by atoms with Gasteiger partial charge in [0.25, 0.3) is 0 Å². The average molecular weight is 228 g/mol. The van der Waals surface area contributed by atoms with Crippen LogP contribution in [0.5, 0.6) is 11.5 Å². The molecule has 0 aliphatic heterocycles. The van der Waals surface area contributed by atoms with Crippen LogP contribution in [-0.2, 0) is 6.54 Å². The predicted molar refractivity (Wildman–Crippen MR) is 68.1 cm³/mol. The van der Waals surface area contributed by atoms with Gasteiger partial charge >= 0.3 is 0 Å². The van der Waals surface area contributed by atoms with E-state index >= 15 is 0 Å². The van der Waals surface area contributed by atoms with E-state index in [2.05, 4.69) is 18.8 Å². The smallest absolute Gasteiger partial charge is 0.150 e. The molecule has 2 aromatic rings. The van der Waals surface area contributed by atoms with Crippen molar-refractivity contribution in [3.8, 4) is 11.5 Å². The number of rotatable bonds is 3. The van der Waals surface area contributed by atoms with Crippen LogP contribution in [0.1, 0.15) is 16.8 Å².